The molecule has 4 N–H and O–H groups in total. The Kier molecular flexibility index (Phi) is 8.23. The van der Waals surface area contributed by atoms with E-state index < -0.39 is 5.97 Å². The van der Waals surface area contributed by atoms with E-state index in [1.165, 1.54) is 6.92 Å². The van der Waals surface area contributed by atoms with Crippen molar-refractivity contribution in [3.8, 4) is 0 Å². The first-order valence-corrected chi connectivity index (χ1v) is 13.7. The minimum Gasteiger partial charge on any atom is -0.397 e. The quantitative estimate of drug-likeness (QED) is 0.0801. The van der Waals surface area contributed by atoms with Crippen molar-refractivity contribution in [1.29, 1.82) is 0 Å². The van der Waals surface area contributed by atoms with Crippen molar-refractivity contribution in [2.75, 3.05) is 11.5 Å². The number of carbonyl (C=O) groups excluding carboxylic acids is 3. The van der Waals surface area contributed by atoms with Gasteiger partial charge in [0.2, 0.25) is 5.78 Å². The summed E-state index contributed by atoms with van der Waals surface area (Å²) in [5, 5.41) is 5.45. The molecular formula is C31H38N4O4. The molecule has 3 aromatic rings. The minimum absolute atomic E-state index is 0.0760. The molecule has 0 radical (unpaired) electrons. The Morgan fingerprint density at radius 2 is 1.44 bits per heavy atom. The van der Waals surface area contributed by atoms with E-state index in [1.807, 2.05) is 38.3 Å². The fourth-order valence-corrected chi connectivity index (χ4v) is 5.64. The summed E-state index contributed by atoms with van der Waals surface area (Å²) in [7, 11) is 0. The lowest BCUT2D eigenvalue weighted by Crippen LogP contribution is -2.19. The Labute approximate surface area is 229 Å². The zero-order chi connectivity index (χ0) is 28.4. The minimum atomic E-state index is -0.581. The molecule has 0 bridgehead atoms. The predicted octanol–water partition coefficient (Wildman–Crippen LogP) is 6.59. The lowest BCUT2D eigenvalue weighted by molar-refractivity contribution is -0.140. The van der Waals surface area contributed by atoms with Crippen molar-refractivity contribution in [1.82, 2.24) is 4.57 Å². The molecule has 1 aliphatic carbocycles. The zero-order valence-electron chi connectivity index (χ0n) is 23.5. The van der Waals surface area contributed by atoms with Crippen molar-refractivity contribution < 1.29 is 19.2 Å². The van der Waals surface area contributed by atoms with Gasteiger partial charge in [-0.1, -0.05) is 43.3 Å². The lowest BCUT2D eigenvalue weighted by atomic mass is 9.94. The molecule has 39 heavy (non-hydrogen) atoms. The van der Waals surface area contributed by atoms with Gasteiger partial charge in [-0.2, -0.15) is 0 Å². The number of nitrogen functional groups attached to an aromatic ring is 2. The highest BCUT2D eigenvalue weighted by Gasteiger charge is 2.26. The van der Waals surface area contributed by atoms with Crippen LogP contribution in [0.25, 0.3) is 21.8 Å². The van der Waals surface area contributed by atoms with Crippen molar-refractivity contribution in [2.24, 2.45) is 11.1 Å². The van der Waals surface area contributed by atoms with E-state index >= 15 is 0 Å². The summed E-state index contributed by atoms with van der Waals surface area (Å²) in [6, 6.07) is 6.99. The van der Waals surface area contributed by atoms with Gasteiger partial charge in [0, 0.05) is 35.4 Å². The van der Waals surface area contributed by atoms with E-state index in [0.717, 1.165) is 59.5 Å². The molecule has 1 aliphatic rings. The van der Waals surface area contributed by atoms with E-state index in [-0.39, 0.29) is 17.3 Å². The standard InChI is InChI=1S/C31H38N4O4/c1-6-17(3)18(4)30(37)21-13-23-24-14-22(16-26(33)29(24)35(7-2)28(23)25(32)15-21)31(38)27(34-39-19(5)36)12-20-10-8-9-11-20/h13-16,20H,6-12,32-33H2,1-5H3/b18-17-,34-27+. The number of Topliss-reactive ketones (excluding diaryl/α,β-unsaturated/α-hetero) is 2. The van der Waals surface area contributed by atoms with Gasteiger partial charge in [0.15, 0.2) is 5.78 Å². The first-order chi connectivity index (χ1) is 18.6. The highest BCUT2D eigenvalue weighted by molar-refractivity contribution is 6.46. The van der Waals surface area contributed by atoms with Gasteiger partial charge in [-0.3, -0.25) is 9.59 Å². The third-order valence-corrected chi connectivity index (χ3v) is 7.96. The number of ketones is 2. The maximum absolute atomic E-state index is 13.7. The second-order valence-electron chi connectivity index (χ2n) is 10.6. The fourth-order valence-electron chi connectivity index (χ4n) is 5.64. The maximum atomic E-state index is 13.7. The second kappa shape index (κ2) is 11.4. The van der Waals surface area contributed by atoms with Gasteiger partial charge in [0.05, 0.1) is 22.4 Å². The summed E-state index contributed by atoms with van der Waals surface area (Å²) in [5.41, 5.74) is 18.3. The molecule has 1 heterocycles. The van der Waals surface area contributed by atoms with Crippen LogP contribution in [-0.4, -0.2) is 27.8 Å². The Balaban J connectivity index is 1.90. The first kappa shape index (κ1) is 28.1. The van der Waals surface area contributed by atoms with Crippen LogP contribution in [0.2, 0.25) is 0 Å². The summed E-state index contributed by atoms with van der Waals surface area (Å²) < 4.78 is 2.02. The molecule has 206 valence electrons. The molecule has 2 aromatic carbocycles. The van der Waals surface area contributed by atoms with Crippen LogP contribution in [0.4, 0.5) is 11.4 Å². The number of allylic oxidation sites excluding steroid dienone is 2. The zero-order valence-corrected chi connectivity index (χ0v) is 23.5. The fraction of sp³-hybridized carbons (Fsp3) is 0.419. The largest absolute Gasteiger partial charge is 0.397 e. The number of hydrogen-bond donors (Lipinski definition) is 2. The summed E-state index contributed by atoms with van der Waals surface area (Å²) in [6.45, 7) is 9.66. The Morgan fingerprint density at radius 1 is 0.897 bits per heavy atom. The molecule has 0 saturated heterocycles. The second-order valence-corrected chi connectivity index (χ2v) is 10.6. The Hall–Kier alpha value is -3.94. The van der Waals surface area contributed by atoms with E-state index in [4.69, 9.17) is 16.3 Å². The summed E-state index contributed by atoms with van der Waals surface area (Å²) in [6.07, 6.45) is 5.48. The summed E-state index contributed by atoms with van der Waals surface area (Å²) in [4.78, 5) is 43.4. The number of fused-ring (bicyclic) bond motifs is 3. The van der Waals surface area contributed by atoms with Gasteiger partial charge in [0.25, 0.3) is 0 Å². The van der Waals surface area contributed by atoms with Gasteiger partial charge < -0.3 is 20.9 Å². The Bertz CT molecular complexity index is 1540. The number of benzene rings is 2. The van der Waals surface area contributed by atoms with Crippen LogP contribution >= 0.6 is 0 Å². The van der Waals surface area contributed by atoms with E-state index in [2.05, 4.69) is 5.16 Å². The number of aromatic nitrogens is 1. The number of carbonyl (C=O) groups is 3. The van der Waals surface area contributed by atoms with Gasteiger partial charge >= 0.3 is 5.97 Å². The van der Waals surface area contributed by atoms with Gasteiger partial charge in [-0.05, 0) is 69.4 Å². The third kappa shape index (κ3) is 5.46. The van der Waals surface area contributed by atoms with Gasteiger partial charge in [0.1, 0.15) is 5.71 Å². The lowest BCUT2D eigenvalue weighted by Gasteiger charge is -2.12. The third-order valence-electron chi connectivity index (χ3n) is 7.96. The molecule has 4 rings (SSSR count). The number of oxime groups is 1. The van der Waals surface area contributed by atoms with Gasteiger partial charge in [-0.25, -0.2) is 4.79 Å². The van der Waals surface area contributed by atoms with Crippen LogP contribution in [0.5, 0.6) is 0 Å². The average Bonchev–Trinajstić information content (AvgIpc) is 3.55. The number of rotatable bonds is 9. The highest BCUT2D eigenvalue weighted by atomic mass is 16.7. The van der Waals surface area contributed by atoms with Crippen LogP contribution in [0.15, 0.2) is 40.6 Å². The average molecular weight is 531 g/mol. The van der Waals surface area contributed by atoms with Crippen molar-refractivity contribution in [2.45, 2.75) is 79.7 Å². The predicted molar refractivity (Wildman–Crippen MR) is 157 cm³/mol. The highest BCUT2D eigenvalue weighted by Crippen LogP contribution is 2.38. The number of hydrogen-bond acceptors (Lipinski definition) is 7. The number of aryl methyl sites for hydroxylation is 1. The smallest absolute Gasteiger partial charge is 0.331 e. The summed E-state index contributed by atoms with van der Waals surface area (Å²) >= 11 is 0. The topological polar surface area (TPSA) is 130 Å². The number of nitrogens with two attached hydrogens (primary N) is 2. The number of anilines is 2. The molecule has 1 aromatic heterocycles. The molecule has 0 amide bonds. The van der Waals surface area contributed by atoms with E-state index in [1.54, 1.807) is 18.2 Å². The molecule has 1 fully saturated rings. The van der Waals surface area contributed by atoms with Crippen LogP contribution in [0.1, 0.15) is 93.9 Å². The monoisotopic (exact) mass is 530 g/mol. The number of nitrogens with zero attached hydrogens (tertiary/aromatic N) is 2. The van der Waals surface area contributed by atoms with Crippen LogP contribution < -0.4 is 11.5 Å². The maximum Gasteiger partial charge on any atom is 0.331 e. The summed E-state index contributed by atoms with van der Waals surface area (Å²) in [5.74, 6) is -0.662. The SMILES string of the molecule is CC/C(C)=C(/C)C(=O)c1cc(N)c2c(c1)c1cc(C(=O)/C(CC3CCCC3)=N/OC(C)=O)cc(N)c1n2CC. The van der Waals surface area contributed by atoms with Crippen LogP contribution in [0.3, 0.4) is 0 Å². The van der Waals surface area contributed by atoms with Gasteiger partial charge in [-0.15, -0.1) is 0 Å². The molecule has 8 nitrogen and oxygen atoms in total. The van der Waals surface area contributed by atoms with Crippen LogP contribution in [-0.2, 0) is 16.2 Å². The molecule has 8 heteroatoms. The van der Waals surface area contributed by atoms with E-state index in [0.29, 0.717) is 47.0 Å². The Morgan fingerprint density at radius 3 is 1.92 bits per heavy atom. The molecular weight excluding hydrogens is 492 g/mol. The normalized spacial score (nSPS) is 15.2. The molecule has 0 atom stereocenters. The molecule has 1 saturated carbocycles. The first-order valence-electron chi connectivity index (χ1n) is 13.7. The molecule has 0 spiro atoms. The van der Waals surface area contributed by atoms with Crippen molar-refractivity contribution in [3.63, 3.8) is 0 Å². The van der Waals surface area contributed by atoms with Crippen molar-refractivity contribution >= 4 is 56.4 Å². The van der Waals surface area contributed by atoms with E-state index in [9.17, 15) is 14.4 Å². The molecule has 0 aliphatic heterocycles. The van der Waals surface area contributed by atoms with Crippen molar-refractivity contribution in [3.05, 3.63) is 46.5 Å². The molecule has 0 unspecified atom stereocenters. The van der Waals surface area contributed by atoms with Crippen LogP contribution in [0, 0.1) is 5.92 Å².